The van der Waals surface area contributed by atoms with Crippen LogP contribution in [0, 0.1) is 0 Å². The van der Waals surface area contributed by atoms with Gasteiger partial charge in [0.05, 0.1) is 26.3 Å². The molecule has 2 aromatic heterocycles. The van der Waals surface area contributed by atoms with Crippen LogP contribution in [-0.2, 0) is 6.42 Å². The van der Waals surface area contributed by atoms with Crippen molar-refractivity contribution in [3.63, 3.8) is 0 Å². The molecular formula is C16H12Cl3N3O. The average Bonchev–Trinajstić information content (AvgIpc) is 2.90. The molecule has 2 heterocycles. The Kier molecular flexibility index (Phi) is 4.76. The Morgan fingerprint density at radius 3 is 2.70 bits per heavy atom. The number of carbonyl (C=O) groups is 1. The maximum absolute atomic E-state index is 12.1. The van der Waals surface area contributed by atoms with Crippen molar-refractivity contribution >= 4 is 46.4 Å². The normalized spacial score (nSPS) is 10.9. The fraction of sp³-hybridized carbons (Fsp3) is 0.125. The molecule has 7 heteroatoms. The Morgan fingerprint density at radius 1 is 1.13 bits per heavy atom. The lowest BCUT2D eigenvalue weighted by molar-refractivity contribution is 0.0954. The van der Waals surface area contributed by atoms with Crippen molar-refractivity contribution < 1.29 is 4.79 Å². The van der Waals surface area contributed by atoms with Crippen molar-refractivity contribution in [3.8, 4) is 0 Å². The summed E-state index contributed by atoms with van der Waals surface area (Å²) >= 11 is 18.1. The van der Waals surface area contributed by atoms with Gasteiger partial charge in [0, 0.05) is 25.4 Å². The fourth-order valence-corrected chi connectivity index (χ4v) is 2.99. The molecule has 0 aliphatic carbocycles. The number of hydrogen-bond donors (Lipinski definition) is 1. The summed E-state index contributed by atoms with van der Waals surface area (Å²) in [7, 11) is 0. The van der Waals surface area contributed by atoms with Crippen LogP contribution in [0.4, 0.5) is 0 Å². The highest BCUT2D eigenvalue weighted by Gasteiger charge is 2.10. The van der Waals surface area contributed by atoms with Gasteiger partial charge >= 0.3 is 0 Å². The van der Waals surface area contributed by atoms with Gasteiger partial charge in [-0.05, 0) is 18.2 Å². The molecule has 0 aliphatic rings. The minimum absolute atomic E-state index is 0.208. The maximum atomic E-state index is 12.1. The predicted molar refractivity (Wildman–Crippen MR) is 92.7 cm³/mol. The largest absolute Gasteiger partial charge is 0.352 e. The van der Waals surface area contributed by atoms with E-state index >= 15 is 0 Å². The van der Waals surface area contributed by atoms with Crippen LogP contribution in [0.1, 0.15) is 16.1 Å². The van der Waals surface area contributed by atoms with Gasteiger partial charge in [-0.25, -0.2) is 4.98 Å². The summed E-state index contributed by atoms with van der Waals surface area (Å²) in [6, 6.07) is 8.57. The molecule has 0 saturated heterocycles. The van der Waals surface area contributed by atoms with Gasteiger partial charge in [0.2, 0.25) is 0 Å². The molecule has 0 spiro atoms. The van der Waals surface area contributed by atoms with Crippen LogP contribution in [0.2, 0.25) is 15.1 Å². The molecule has 0 radical (unpaired) electrons. The van der Waals surface area contributed by atoms with E-state index in [1.165, 1.54) is 0 Å². The number of pyridine rings is 1. The number of halogens is 3. The molecular weight excluding hydrogens is 357 g/mol. The summed E-state index contributed by atoms with van der Waals surface area (Å²) in [4.78, 5) is 16.5. The van der Waals surface area contributed by atoms with Crippen LogP contribution >= 0.6 is 34.8 Å². The monoisotopic (exact) mass is 367 g/mol. The van der Waals surface area contributed by atoms with Gasteiger partial charge in [-0.1, -0.05) is 46.9 Å². The summed E-state index contributed by atoms with van der Waals surface area (Å²) in [5.74, 6) is -0.208. The van der Waals surface area contributed by atoms with E-state index in [4.69, 9.17) is 34.8 Å². The van der Waals surface area contributed by atoms with Crippen LogP contribution in [0.5, 0.6) is 0 Å². The molecule has 0 fully saturated rings. The third-order valence-electron chi connectivity index (χ3n) is 3.31. The second-order valence-electron chi connectivity index (χ2n) is 4.96. The lowest BCUT2D eigenvalue weighted by Crippen LogP contribution is -2.26. The molecule has 23 heavy (non-hydrogen) atoms. The van der Waals surface area contributed by atoms with Gasteiger partial charge < -0.3 is 9.72 Å². The van der Waals surface area contributed by atoms with Gasteiger partial charge in [-0.15, -0.1) is 0 Å². The zero-order valence-corrected chi connectivity index (χ0v) is 14.2. The van der Waals surface area contributed by atoms with Crippen LogP contribution in [0.15, 0.2) is 42.7 Å². The SMILES string of the molecule is O=C(NCCc1cn2cc(Cl)cc(Cl)c2n1)c1ccccc1Cl. The molecule has 1 aromatic carbocycles. The van der Waals surface area contributed by atoms with E-state index in [2.05, 4.69) is 10.3 Å². The first-order valence-electron chi connectivity index (χ1n) is 6.90. The van der Waals surface area contributed by atoms with Gasteiger partial charge in [0.25, 0.3) is 5.91 Å². The van der Waals surface area contributed by atoms with E-state index < -0.39 is 0 Å². The van der Waals surface area contributed by atoms with Gasteiger partial charge in [0.15, 0.2) is 5.65 Å². The molecule has 0 atom stereocenters. The Labute approximate surface area is 148 Å². The number of aromatic nitrogens is 2. The van der Waals surface area contributed by atoms with Crippen LogP contribution in [-0.4, -0.2) is 21.8 Å². The van der Waals surface area contributed by atoms with E-state index in [1.54, 1.807) is 40.9 Å². The van der Waals surface area contributed by atoms with Crippen LogP contribution in [0.3, 0.4) is 0 Å². The fourth-order valence-electron chi connectivity index (χ4n) is 2.24. The highest BCUT2D eigenvalue weighted by Crippen LogP contribution is 2.21. The number of hydrogen-bond acceptors (Lipinski definition) is 2. The molecule has 0 saturated carbocycles. The van der Waals surface area contributed by atoms with E-state index in [0.717, 1.165) is 5.69 Å². The quantitative estimate of drug-likeness (QED) is 0.747. The van der Waals surface area contributed by atoms with E-state index in [0.29, 0.717) is 39.2 Å². The third kappa shape index (κ3) is 3.61. The molecule has 0 unspecified atom stereocenters. The van der Waals surface area contributed by atoms with Gasteiger partial charge in [0.1, 0.15) is 0 Å². The van der Waals surface area contributed by atoms with Gasteiger partial charge in [-0.2, -0.15) is 0 Å². The van der Waals surface area contributed by atoms with Crippen molar-refractivity contribution in [1.29, 1.82) is 0 Å². The van der Waals surface area contributed by atoms with Crippen molar-refractivity contribution in [3.05, 3.63) is 69.1 Å². The lowest BCUT2D eigenvalue weighted by atomic mass is 10.2. The second kappa shape index (κ2) is 6.79. The number of fused-ring (bicyclic) bond motifs is 1. The first kappa shape index (κ1) is 16.1. The lowest BCUT2D eigenvalue weighted by Gasteiger charge is -2.05. The summed E-state index contributed by atoms with van der Waals surface area (Å²) in [5, 5.41) is 4.29. The first-order chi connectivity index (χ1) is 11.0. The van der Waals surface area contributed by atoms with Crippen molar-refractivity contribution in [2.75, 3.05) is 6.54 Å². The Bertz CT molecular complexity index is 876. The second-order valence-corrected chi connectivity index (χ2v) is 6.21. The van der Waals surface area contributed by atoms with Crippen LogP contribution < -0.4 is 5.32 Å². The summed E-state index contributed by atoms with van der Waals surface area (Å²) < 4.78 is 1.77. The smallest absolute Gasteiger partial charge is 0.252 e. The Hall–Kier alpha value is -1.75. The Balaban J connectivity index is 1.66. The molecule has 4 nitrogen and oxygen atoms in total. The minimum atomic E-state index is -0.208. The number of nitrogens with zero attached hydrogens (tertiary/aromatic N) is 2. The molecule has 3 rings (SSSR count). The number of benzene rings is 1. The maximum Gasteiger partial charge on any atom is 0.252 e. The molecule has 3 aromatic rings. The number of nitrogens with one attached hydrogen (secondary N) is 1. The molecule has 1 amide bonds. The standard InChI is InChI=1S/C16H12Cl3N3O/c17-10-7-14(19)15-21-11(9-22(15)8-10)5-6-20-16(23)12-3-1-2-4-13(12)18/h1-4,7-9H,5-6H2,(H,20,23). The summed E-state index contributed by atoms with van der Waals surface area (Å²) in [5.41, 5.74) is 1.91. The topological polar surface area (TPSA) is 46.4 Å². The highest BCUT2D eigenvalue weighted by molar-refractivity contribution is 6.36. The molecule has 1 N–H and O–H groups in total. The third-order valence-corrected chi connectivity index (χ3v) is 4.12. The zero-order valence-electron chi connectivity index (χ0n) is 11.9. The van der Waals surface area contributed by atoms with E-state index in [9.17, 15) is 4.79 Å². The van der Waals surface area contributed by atoms with Gasteiger partial charge in [-0.3, -0.25) is 4.79 Å². The van der Waals surface area contributed by atoms with Crippen molar-refractivity contribution in [2.45, 2.75) is 6.42 Å². The summed E-state index contributed by atoms with van der Waals surface area (Å²) in [6.07, 6.45) is 4.15. The van der Waals surface area contributed by atoms with E-state index in [-0.39, 0.29) is 5.91 Å². The number of imidazole rings is 1. The van der Waals surface area contributed by atoms with E-state index in [1.807, 2.05) is 6.20 Å². The van der Waals surface area contributed by atoms with Crippen molar-refractivity contribution in [1.82, 2.24) is 14.7 Å². The number of carbonyl (C=O) groups excluding carboxylic acids is 1. The Morgan fingerprint density at radius 2 is 1.91 bits per heavy atom. The average molecular weight is 369 g/mol. The molecule has 0 aliphatic heterocycles. The molecule has 0 bridgehead atoms. The summed E-state index contributed by atoms with van der Waals surface area (Å²) in [6.45, 7) is 0.444. The van der Waals surface area contributed by atoms with Crippen molar-refractivity contribution in [2.24, 2.45) is 0 Å². The number of amides is 1. The minimum Gasteiger partial charge on any atom is -0.352 e. The number of rotatable bonds is 4. The first-order valence-corrected chi connectivity index (χ1v) is 8.03. The predicted octanol–water partition coefficient (Wildman–Crippen LogP) is 4.27. The zero-order chi connectivity index (χ0) is 16.4. The van der Waals surface area contributed by atoms with Crippen LogP contribution in [0.25, 0.3) is 5.65 Å². The molecule has 118 valence electrons. The highest BCUT2D eigenvalue weighted by atomic mass is 35.5.